The van der Waals surface area contributed by atoms with Gasteiger partial charge in [-0.25, -0.2) is 0 Å². The van der Waals surface area contributed by atoms with Gasteiger partial charge in [0.05, 0.1) is 6.20 Å². The average Bonchev–Trinajstić information content (AvgIpc) is 3.00. The van der Waals surface area contributed by atoms with Crippen molar-refractivity contribution in [3.8, 4) is 45.0 Å². The summed E-state index contributed by atoms with van der Waals surface area (Å²) in [5.74, 6) is 0. The molecule has 0 N–H and O–H groups in total. The zero-order valence-corrected chi connectivity index (χ0v) is 27.4. The number of hydrogen-bond acceptors (Lipinski definition) is 2. The summed E-state index contributed by atoms with van der Waals surface area (Å²) in [7, 11) is 4.04. The predicted octanol–water partition coefficient (Wildman–Crippen LogP) is 8.77. The maximum atomic E-state index is 4.90. The molecule has 4 heteroatoms. The van der Waals surface area contributed by atoms with Gasteiger partial charge in [-0.15, -0.1) is 76.9 Å². The summed E-state index contributed by atoms with van der Waals surface area (Å²) in [6.45, 7) is 12.5. The Morgan fingerprint density at radius 1 is 0.698 bits per heavy atom. The monoisotopic (exact) mass is 737 g/mol. The quantitative estimate of drug-likeness (QED) is 0.134. The molecule has 3 heterocycles. The zero-order chi connectivity index (χ0) is 29.6. The van der Waals surface area contributed by atoms with Gasteiger partial charge in [0.25, 0.3) is 0 Å². The Bertz CT molecular complexity index is 1690. The Labute approximate surface area is 269 Å². The molecule has 0 amide bonds. The summed E-state index contributed by atoms with van der Waals surface area (Å²) in [5, 5.41) is 0. The van der Waals surface area contributed by atoms with E-state index in [1.54, 1.807) is 0 Å². The van der Waals surface area contributed by atoms with Crippen LogP contribution in [-0.4, -0.2) is 9.97 Å². The normalized spacial score (nSPS) is 10.3. The molecule has 3 aromatic heterocycles. The van der Waals surface area contributed by atoms with E-state index in [0.29, 0.717) is 0 Å². The van der Waals surface area contributed by atoms with Gasteiger partial charge in [-0.2, -0.15) is 18.6 Å². The van der Waals surface area contributed by atoms with Gasteiger partial charge < -0.3 is 9.55 Å². The van der Waals surface area contributed by atoms with E-state index in [1.807, 2.05) is 89.8 Å². The molecule has 0 saturated heterocycles. The summed E-state index contributed by atoms with van der Waals surface area (Å²) < 4.78 is 1.87. The summed E-state index contributed by atoms with van der Waals surface area (Å²) in [6.07, 6.45) is 3.76. The van der Waals surface area contributed by atoms with E-state index in [1.165, 1.54) is 22.3 Å². The van der Waals surface area contributed by atoms with Crippen LogP contribution in [0.5, 0.6) is 0 Å². The van der Waals surface area contributed by atoms with Crippen LogP contribution in [0.25, 0.3) is 45.0 Å². The summed E-state index contributed by atoms with van der Waals surface area (Å²) in [4.78, 5) is 9.34. The molecule has 0 atom stereocenters. The maximum absolute atomic E-state index is 4.90. The van der Waals surface area contributed by atoms with E-state index in [9.17, 15) is 0 Å². The molecular formula is C39H34IrN3-3. The van der Waals surface area contributed by atoms with Crippen molar-refractivity contribution in [2.45, 2.75) is 27.7 Å². The third kappa shape index (κ3) is 7.11. The van der Waals surface area contributed by atoms with Gasteiger partial charge >= 0.3 is 0 Å². The van der Waals surface area contributed by atoms with Gasteiger partial charge in [-0.05, 0) is 37.2 Å². The third-order valence-corrected chi connectivity index (χ3v) is 7.23. The van der Waals surface area contributed by atoms with Crippen molar-refractivity contribution in [1.82, 2.24) is 9.97 Å². The molecule has 6 rings (SSSR count). The Morgan fingerprint density at radius 2 is 1.37 bits per heavy atom. The van der Waals surface area contributed by atoms with Gasteiger partial charge in [-0.3, -0.25) is 4.98 Å². The Kier molecular flexibility index (Phi) is 10.3. The Morgan fingerprint density at radius 3 is 2.07 bits per heavy atom. The van der Waals surface area contributed by atoms with Crippen LogP contribution >= 0.6 is 0 Å². The summed E-state index contributed by atoms with van der Waals surface area (Å²) in [5.41, 5.74) is 13.9. The van der Waals surface area contributed by atoms with Crippen molar-refractivity contribution in [3.05, 3.63) is 163 Å². The zero-order valence-electron chi connectivity index (χ0n) is 25.0. The topological polar surface area (TPSA) is 29.7 Å². The van der Waals surface area contributed by atoms with E-state index < -0.39 is 0 Å². The molecule has 0 unspecified atom stereocenters. The van der Waals surface area contributed by atoms with Gasteiger partial charge in [0.15, 0.2) is 0 Å². The van der Waals surface area contributed by atoms with Crippen LogP contribution in [0, 0.1) is 53.8 Å². The summed E-state index contributed by atoms with van der Waals surface area (Å²) >= 11 is 0. The molecule has 3 aromatic carbocycles. The molecule has 0 spiro atoms. The Hall–Kier alpha value is -4.50. The van der Waals surface area contributed by atoms with E-state index in [2.05, 4.69) is 83.0 Å². The summed E-state index contributed by atoms with van der Waals surface area (Å²) in [6, 6.07) is 39.2. The van der Waals surface area contributed by atoms with Crippen molar-refractivity contribution in [1.29, 1.82) is 0 Å². The van der Waals surface area contributed by atoms with Crippen molar-refractivity contribution in [2.75, 3.05) is 0 Å². The average molecular weight is 737 g/mol. The van der Waals surface area contributed by atoms with Crippen molar-refractivity contribution in [3.63, 3.8) is 0 Å². The first-order chi connectivity index (χ1) is 20.3. The molecule has 0 aliphatic carbocycles. The standard InChI is InChI=1S/C20H17N.C19H17N2.Ir/c1-14-9-7-8-12-18(14)20-16(3)13-15(2)19(21-20)17-10-5-4-6-11-17;1-14-12-15(2)17(19-9-5-7-11-21(19)3)13-16(14)18-8-4-6-10-20-18;/h4-10,12-13H,1H2,2-3H3;4-12H,3H2,1-2H3;/q-2;-1;. The number of aromatic nitrogens is 3. The van der Waals surface area contributed by atoms with Gasteiger partial charge in [0, 0.05) is 44.7 Å². The fourth-order valence-corrected chi connectivity index (χ4v) is 5.12. The van der Waals surface area contributed by atoms with Crippen LogP contribution < -0.4 is 4.57 Å². The molecule has 0 aliphatic heterocycles. The molecule has 217 valence electrons. The second-order valence-electron chi connectivity index (χ2n) is 10.4. The first kappa shape index (κ1) is 31.4. The second-order valence-corrected chi connectivity index (χ2v) is 10.4. The minimum Gasteiger partial charge on any atom is -0.313 e. The van der Waals surface area contributed by atoms with Crippen LogP contribution in [0.3, 0.4) is 0 Å². The van der Waals surface area contributed by atoms with Crippen LogP contribution in [0.4, 0.5) is 0 Å². The number of benzene rings is 3. The van der Waals surface area contributed by atoms with Crippen LogP contribution in [-0.2, 0) is 20.1 Å². The van der Waals surface area contributed by atoms with Crippen LogP contribution in [0.2, 0.25) is 0 Å². The molecule has 3 nitrogen and oxygen atoms in total. The molecule has 0 aliphatic rings. The SMILES string of the molecule is [CH2-][n+]1ccccc1-c1[c-]c(-c2ccccn2)c(C)cc1C.[CH2-]c1ccccc1-c1nc(-c2[c-]cccc2)c(C)cc1C.[Ir]. The minimum atomic E-state index is 0. The fraction of sp³-hybridized carbons (Fsp3) is 0.103. The first-order valence-corrected chi connectivity index (χ1v) is 14.0. The molecule has 0 saturated carbocycles. The van der Waals surface area contributed by atoms with Crippen LogP contribution in [0.15, 0.2) is 109 Å². The predicted molar refractivity (Wildman–Crippen MR) is 172 cm³/mol. The van der Waals surface area contributed by atoms with Gasteiger partial charge in [0.2, 0.25) is 0 Å². The number of hydrogen-bond donors (Lipinski definition) is 0. The Balaban J connectivity index is 0.000000192. The van der Waals surface area contributed by atoms with Crippen molar-refractivity contribution < 1.29 is 24.7 Å². The number of pyridine rings is 3. The number of nitrogens with zero attached hydrogens (tertiary/aromatic N) is 3. The third-order valence-electron chi connectivity index (χ3n) is 7.23. The molecule has 0 fully saturated rings. The molecule has 43 heavy (non-hydrogen) atoms. The molecular weight excluding hydrogens is 703 g/mol. The van der Waals surface area contributed by atoms with Crippen molar-refractivity contribution in [2.24, 2.45) is 0 Å². The number of rotatable bonds is 4. The second kappa shape index (κ2) is 14.1. The molecule has 6 aromatic rings. The van der Waals surface area contributed by atoms with E-state index in [0.717, 1.165) is 50.6 Å². The first-order valence-electron chi connectivity index (χ1n) is 14.0. The minimum absolute atomic E-state index is 0. The smallest absolute Gasteiger partial charge is 0.131 e. The van der Waals surface area contributed by atoms with E-state index in [4.69, 9.17) is 4.98 Å². The van der Waals surface area contributed by atoms with E-state index in [-0.39, 0.29) is 20.1 Å². The van der Waals surface area contributed by atoms with Gasteiger partial charge in [-0.1, -0.05) is 66.9 Å². The fourth-order valence-electron chi connectivity index (χ4n) is 5.12. The van der Waals surface area contributed by atoms with Crippen molar-refractivity contribution >= 4 is 0 Å². The van der Waals surface area contributed by atoms with Gasteiger partial charge in [0.1, 0.15) is 5.69 Å². The number of aryl methyl sites for hydroxylation is 4. The van der Waals surface area contributed by atoms with E-state index >= 15 is 0 Å². The maximum Gasteiger partial charge on any atom is 0.131 e. The molecule has 0 bridgehead atoms. The van der Waals surface area contributed by atoms with Crippen LogP contribution in [0.1, 0.15) is 27.8 Å². The molecule has 1 radical (unpaired) electrons. The largest absolute Gasteiger partial charge is 0.313 e.